The van der Waals surface area contributed by atoms with E-state index < -0.39 is 5.97 Å². The molecule has 0 unspecified atom stereocenters. The zero-order chi connectivity index (χ0) is 21.5. The molecule has 3 aromatic rings. The highest BCUT2D eigenvalue weighted by atomic mass is 32.2. The van der Waals surface area contributed by atoms with Gasteiger partial charge in [-0.1, -0.05) is 43.0 Å². The van der Waals surface area contributed by atoms with E-state index in [1.54, 1.807) is 12.1 Å². The van der Waals surface area contributed by atoms with Gasteiger partial charge in [0, 0.05) is 5.69 Å². The van der Waals surface area contributed by atoms with Gasteiger partial charge in [-0.15, -0.1) is 10.2 Å². The van der Waals surface area contributed by atoms with E-state index in [-0.39, 0.29) is 23.8 Å². The first-order valence-corrected chi connectivity index (χ1v) is 10.1. The number of aromatic carboxylic acids is 1. The molecule has 9 nitrogen and oxygen atoms in total. The van der Waals surface area contributed by atoms with Gasteiger partial charge < -0.3 is 21.0 Å². The van der Waals surface area contributed by atoms with Crippen LogP contribution in [0.15, 0.2) is 53.7 Å². The minimum absolute atomic E-state index is 0.0370. The van der Waals surface area contributed by atoms with Crippen molar-refractivity contribution in [1.29, 1.82) is 0 Å². The van der Waals surface area contributed by atoms with E-state index in [1.165, 1.54) is 10.7 Å². The first-order chi connectivity index (χ1) is 14.5. The number of carbonyl (C=O) groups excluding carboxylic acids is 1. The van der Waals surface area contributed by atoms with Crippen molar-refractivity contribution in [3.8, 4) is 5.75 Å². The number of hydrogen-bond donors (Lipinski definition) is 3. The number of aromatic nitrogens is 3. The molecular weight excluding hydrogens is 406 g/mol. The predicted molar refractivity (Wildman–Crippen MR) is 113 cm³/mol. The maximum Gasteiger partial charge on any atom is 0.336 e. The van der Waals surface area contributed by atoms with Gasteiger partial charge in [-0.05, 0) is 36.2 Å². The van der Waals surface area contributed by atoms with E-state index in [1.807, 2.05) is 37.3 Å². The maximum atomic E-state index is 12.4. The Morgan fingerprint density at radius 3 is 2.63 bits per heavy atom. The molecule has 0 fully saturated rings. The molecule has 1 amide bonds. The summed E-state index contributed by atoms with van der Waals surface area (Å²) in [5.41, 5.74) is 1.23. The summed E-state index contributed by atoms with van der Waals surface area (Å²) in [6, 6.07) is 14.0. The van der Waals surface area contributed by atoms with Crippen molar-refractivity contribution in [2.24, 2.45) is 0 Å². The van der Waals surface area contributed by atoms with Crippen LogP contribution in [0.4, 0.5) is 5.69 Å². The second kappa shape index (κ2) is 9.79. The zero-order valence-corrected chi connectivity index (χ0v) is 17.1. The van der Waals surface area contributed by atoms with E-state index in [2.05, 4.69) is 15.5 Å². The van der Waals surface area contributed by atoms with Crippen LogP contribution in [0.25, 0.3) is 0 Å². The number of para-hydroxylation sites is 1. The molecule has 2 aromatic carbocycles. The number of carboxylic acid groups (broad SMARTS) is 1. The van der Waals surface area contributed by atoms with Crippen molar-refractivity contribution in [1.82, 2.24) is 14.9 Å². The predicted octanol–water partition coefficient (Wildman–Crippen LogP) is 2.56. The van der Waals surface area contributed by atoms with Crippen LogP contribution < -0.4 is 15.9 Å². The summed E-state index contributed by atoms with van der Waals surface area (Å²) in [4.78, 5) is 23.7. The average Bonchev–Trinajstić information content (AvgIpc) is 3.10. The first-order valence-electron chi connectivity index (χ1n) is 9.14. The van der Waals surface area contributed by atoms with Crippen molar-refractivity contribution in [3.05, 3.63) is 65.5 Å². The summed E-state index contributed by atoms with van der Waals surface area (Å²) in [6.07, 6.45) is 0.479. The Hall–Kier alpha value is -3.53. The normalized spacial score (nSPS) is 10.6. The smallest absolute Gasteiger partial charge is 0.336 e. The Balaban J connectivity index is 1.58. The molecule has 10 heteroatoms. The van der Waals surface area contributed by atoms with E-state index in [4.69, 9.17) is 10.6 Å². The van der Waals surface area contributed by atoms with Gasteiger partial charge in [-0.2, -0.15) is 0 Å². The van der Waals surface area contributed by atoms with Gasteiger partial charge in [-0.3, -0.25) is 4.79 Å². The van der Waals surface area contributed by atoms with Crippen LogP contribution in [-0.2, 0) is 17.8 Å². The van der Waals surface area contributed by atoms with E-state index in [0.29, 0.717) is 34.4 Å². The topological polar surface area (TPSA) is 132 Å². The number of amides is 1. The number of rotatable bonds is 9. The highest BCUT2D eigenvalue weighted by Crippen LogP contribution is 2.22. The molecule has 1 aromatic heterocycles. The van der Waals surface area contributed by atoms with Crippen molar-refractivity contribution < 1.29 is 19.4 Å². The van der Waals surface area contributed by atoms with Gasteiger partial charge in [0.15, 0.2) is 5.82 Å². The molecule has 30 heavy (non-hydrogen) atoms. The number of nitrogens with zero attached hydrogens (tertiary/aromatic N) is 3. The molecule has 0 saturated heterocycles. The Morgan fingerprint density at radius 2 is 1.93 bits per heavy atom. The molecule has 1 heterocycles. The number of thioether (sulfide) groups is 1. The molecule has 156 valence electrons. The summed E-state index contributed by atoms with van der Waals surface area (Å²) in [5, 5.41) is 20.4. The fourth-order valence-corrected chi connectivity index (χ4v) is 3.45. The number of carboxylic acids is 1. The lowest BCUT2D eigenvalue weighted by Crippen LogP contribution is -2.19. The van der Waals surface area contributed by atoms with Gasteiger partial charge in [0.2, 0.25) is 11.1 Å². The molecule has 0 aliphatic heterocycles. The van der Waals surface area contributed by atoms with Crippen LogP contribution in [0.5, 0.6) is 5.75 Å². The van der Waals surface area contributed by atoms with E-state index in [0.717, 1.165) is 11.8 Å². The number of ether oxygens (including phenoxy) is 1. The van der Waals surface area contributed by atoms with Gasteiger partial charge in [0.05, 0.1) is 11.3 Å². The summed E-state index contributed by atoms with van der Waals surface area (Å²) in [5.74, 6) is 5.81. The molecule has 0 radical (unpaired) electrons. The lowest BCUT2D eigenvalue weighted by atomic mass is 10.0. The van der Waals surface area contributed by atoms with Gasteiger partial charge in [0.1, 0.15) is 12.4 Å². The molecule has 0 atom stereocenters. The fourth-order valence-electron chi connectivity index (χ4n) is 2.77. The summed E-state index contributed by atoms with van der Waals surface area (Å²) in [6.45, 7) is 1.98. The maximum absolute atomic E-state index is 12.4. The number of carbonyl (C=O) groups is 2. The van der Waals surface area contributed by atoms with Crippen LogP contribution in [0, 0.1) is 0 Å². The summed E-state index contributed by atoms with van der Waals surface area (Å²) in [7, 11) is 0. The van der Waals surface area contributed by atoms with Crippen molar-refractivity contribution in [2.75, 3.05) is 16.9 Å². The number of hydrogen-bond acceptors (Lipinski definition) is 7. The first kappa shape index (κ1) is 21.2. The monoisotopic (exact) mass is 427 g/mol. The summed E-state index contributed by atoms with van der Waals surface area (Å²) >= 11 is 1.12. The minimum atomic E-state index is -1.03. The third-order valence-electron chi connectivity index (χ3n) is 4.21. The number of nitrogens with two attached hydrogens (primary N) is 1. The number of anilines is 1. The molecule has 0 bridgehead atoms. The molecule has 0 aliphatic carbocycles. The van der Waals surface area contributed by atoms with E-state index >= 15 is 0 Å². The van der Waals surface area contributed by atoms with Crippen LogP contribution in [0.3, 0.4) is 0 Å². The molecule has 0 spiro atoms. The molecular formula is C20H21N5O4S. The van der Waals surface area contributed by atoms with Crippen LogP contribution in [0.2, 0.25) is 0 Å². The van der Waals surface area contributed by atoms with Crippen molar-refractivity contribution in [2.45, 2.75) is 25.1 Å². The third kappa shape index (κ3) is 5.09. The molecule has 3 rings (SSSR count). The Labute approximate surface area is 177 Å². The third-order valence-corrected chi connectivity index (χ3v) is 5.16. The summed E-state index contributed by atoms with van der Waals surface area (Å²) < 4.78 is 6.89. The fraction of sp³-hybridized carbons (Fsp3) is 0.200. The number of benzene rings is 2. The largest absolute Gasteiger partial charge is 0.486 e. The lowest BCUT2D eigenvalue weighted by molar-refractivity contribution is -0.113. The van der Waals surface area contributed by atoms with E-state index in [9.17, 15) is 14.7 Å². The van der Waals surface area contributed by atoms with Crippen LogP contribution in [0.1, 0.15) is 28.7 Å². The second-order valence-electron chi connectivity index (χ2n) is 6.20. The highest BCUT2D eigenvalue weighted by Gasteiger charge is 2.16. The molecule has 0 saturated carbocycles. The van der Waals surface area contributed by atoms with Gasteiger partial charge in [0.25, 0.3) is 0 Å². The Morgan fingerprint density at radius 1 is 1.17 bits per heavy atom. The number of nitrogens with one attached hydrogen (secondary N) is 1. The van der Waals surface area contributed by atoms with Crippen molar-refractivity contribution in [3.63, 3.8) is 0 Å². The SMILES string of the molecule is CCc1c(NC(=O)CSc2nnc(COc3ccccc3)n2N)cccc1C(=O)O. The van der Waals surface area contributed by atoms with Crippen LogP contribution >= 0.6 is 11.8 Å². The minimum Gasteiger partial charge on any atom is -0.486 e. The lowest BCUT2D eigenvalue weighted by Gasteiger charge is -2.12. The quantitative estimate of drug-likeness (QED) is 0.351. The van der Waals surface area contributed by atoms with Crippen molar-refractivity contribution >= 4 is 29.3 Å². The standard InChI is InChI=1S/C20H21N5O4S/c1-2-14-15(19(27)28)9-6-10-16(14)22-18(26)12-30-20-24-23-17(25(20)21)11-29-13-7-4-3-5-8-13/h3-10H,2,11-12,21H2,1H3,(H,22,26)(H,27,28). The van der Waals surface area contributed by atoms with Crippen LogP contribution in [-0.4, -0.2) is 37.6 Å². The van der Waals surface area contributed by atoms with Gasteiger partial charge in [-0.25, -0.2) is 9.47 Å². The Bertz CT molecular complexity index is 1040. The Kier molecular flexibility index (Phi) is 6.91. The average molecular weight is 427 g/mol. The van der Waals surface area contributed by atoms with Gasteiger partial charge >= 0.3 is 5.97 Å². The second-order valence-corrected chi connectivity index (χ2v) is 7.14. The highest BCUT2D eigenvalue weighted by molar-refractivity contribution is 7.99. The zero-order valence-electron chi connectivity index (χ0n) is 16.2. The number of nitrogen functional groups attached to an aromatic ring is 1. The molecule has 4 N–H and O–H groups in total. The molecule has 0 aliphatic rings.